The van der Waals surface area contributed by atoms with E-state index in [1.54, 1.807) is 0 Å². The zero-order chi connectivity index (χ0) is 15.7. The molecule has 0 saturated carbocycles. The summed E-state index contributed by atoms with van der Waals surface area (Å²) in [5, 5.41) is 0. The van der Waals surface area contributed by atoms with Crippen LogP contribution in [-0.4, -0.2) is 36.7 Å². The summed E-state index contributed by atoms with van der Waals surface area (Å²) in [5.74, 6) is -0.750. The molecule has 0 aliphatic heterocycles. The molecule has 6 nitrogen and oxygen atoms in total. The van der Waals surface area contributed by atoms with Crippen LogP contribution in [0.1, 0.15) is 27.7 Å². The molecule has 0 aromatic heterocycles. The Morgan fingerprint density at radius 2 is 0.684 bits per heavy atom. The average Bonchev–Trinajstić information content (AvgIpc) is 2.20. The number of Topliss-reactive ketones (excluding diaryl/α,β-unsaturated/α-hetero) is 4. The van der Waals surface area contributed by atoms with Crippen LogP contribution in [-0.2, 0) is 48.2 Å². The van der Waals surface area contributed by atoms with Crippen LogP contribution in [0.15, 0.2) is 0 Å². The van der Waals surface area contributed by atoms with E-state index in [4.69, 9.17) is 9.59 Å². The normalized spacial score (nSPS) is 6.11. The van der Waals surface area contributed by atoms with E-state index in [1.165, 1.54) is 27.7 Å². The minimum Gasteiger partial charge on any atom is -0.573 e. The van der Waals surface area contributed by atoms with Crippen LogP contribution < -0.4 is 0 Å². The van der Waals surface area contributed by atoms with E-state index in [9.17, 15) is 19.2 Å². The molecular formula is C12H14O6Rh-2. The maximum atomic E-state index is 9.98. The Labute approximate surface area is 126 Å². The molecule has 7 heteroatoms. The van der Waals surface area contributed by atoms with E-state index in [2.05, 4.69) is 13.6 Å². The van der Waals surface area contributed by atoms with Crippen LogP contribution in [0.2, 0.25) is 0 Å². The summed E-state index contributed by atoms with van der Waals surface area (Å²) >= 11 is 0. The van der Waals surface area contributed by atoms with Crippen molar-refractivity contribution in [2.75, 3.05) is 0 Å². The minimum atomic E-state index is -0.187. The number of hydrogen-bond acceptors (Lipinski definition) is 6. The third-order valence-corrected chi connectivity index (χ3v) is 0.813. The molecule has 109 valence electrons. The van der Waals surface area contributed by atoms with Crippen LogP contribution in [0.4, 0.5) is 0 Å². The Kier molecular flexibility index (Phi) is 40.5. The largest absolute Gasteiger partial charge is 2.00 e. The van der Waals surface area contributed by atoms with E-state index in [-0.39, 0.29) is 42.6 Å². The molecule has 0 N–H and O–H groups in total. The Bertz CT molecular complexity index is 223. The predicted molar refractivity (Wildman–Crippen MR) is 62.7 cm³/mol. The first-order valence-electron chi connectivity index (χ1n) is 4.38. The molecule has 0 atom stereocenters. The van der Waals surface area contributed by atoms with Crippen LogP contribution >= 0.6 is 0 Å². The van der Waals surface area contributed by atoms with Gasteiger partial charge in [0, 0.05) is 23.1 Å². The summed E-state index contributed by atoms with van der Waals surface area (Å²) in [6, 6.07) is 0. The maximum Gasteiger partial charge on any atom is 2.00 e. The molecule has 19 heavy (non-hydrogen) atoms. The second-order valence-electron chi connectivity index (χ2n) is 2.73. The third kappa shape index (κ3) is 83.2. The van der Waals surface area contributed by atoms with Crippen molar-refractivity contribution in [3.63, 3.8) is 0 Å². The second kappa shape index (κ2) is 25.3. The first kappa shape index (κ1) is 30.4. The van der Waals surface area contributed by atoms with E-state index in [0.717, 1.165) is 12.8 Å². The molecule has 0 heterocycles. The zero-order valence-corrected chi connectivity index (χ0v) is 12.6. The summed E-state index contributed by atoms with van der Waals surface area (Å²) in [6.45, 7) is 14.4. The van der Waals surface area contributed by atoms with Gasteiger partial charge < -0.3 is 42.3 Å². The number of rotatable bonds is 4. The summed E-state index contributed by atoms with van der Waals surface area (Å²) in [4.78, 5) is 54.9. The molecule has 0 aromatic rings. The van der Waals surface area contributed by atoms with Crippen molar-refractivity contribution in [1.82, 2.24) is 0 Å². The van der Waals surface area contributed by atoms with Crippen molar-refractivity contribution in [3.8, 4) is 0 Å². The van der Waals surface area contributed by atoms with Crippen molar-refractivity contribution < 1.29 is 48.2 Å². The van der Waals surface area contributed by atoms with E-state index < -0.39 is 0 Å². The second-order valence-corrected chi connectivity index (χ2v) is 2.73. The van der Waals surface area contributed by atoms with Gasteiger partial charge in [-0.25, -0.2) is 0 Å². The molecular weight excluding hydrogens is 343 g/mol. The average molecular weight is 357 g/mol. The Morgan fingerprint density at radius 3 is 0.684 bits per heavy atom. The topological polar surface area (TPSA) is 102 Å². The molecule has 0 bridgehead atoms. The molecule has 0 aromatic carbocycles. The van der Waals surface area contributed by atoms with Gasteiger partial charge in [-0.15, -0.1) is 0 Å². The fourth-order valence-electron chi connectivity index (χ4n) is 0.572. The molecule has 0 aliphatic carbocycles. The van der Waals surface area contributed by atoms with Crippen LogP contribution in [0.5, 0.6) is 0 Å². The first-order valence-corrected chi connectivity index (χ1v) is 4.38. The molecule has 0 rings (SSSR count). The van der Waals surface area contributed by atoms with Gasteiger partial charge in [-0.3, -0.25) is 12.8 Å². The first-order chi connectivity index (χ1) is 8.25. The summed E-state index contributed by atoms with van der Waals surface area (Å²) in [6.07, 6.45) is 2.11. The van der Waals surface area contributed by atoms with Crippen molar-refractivity contribution in [1.29, 1.82) is 0 Å². The SMILES string of the molecule is CC(=O)[CH-]C(C)=O.CC(=O)[CH-]C(C)=O.[C-]=O.[C-]=O.[Rh+2]. The van der Waals surface area contributed by atoms with Gasteiger partial charge in [-0.1, -0.05) is 0 Å². The monoisotopic (exact) mass is 357 g/mol. The van der Waals surface area contributed by atoms with E-state index >= 15 is 0 Å². The minimum absolute atomic E-state index is 0. The fourth-order valence-corrected chi connectivity index (χ4v) is 0.572. The Morgan fingerprint density at radius 1 is 0.579 bits per heavy atom. The Balaban J connectivity index is -0.0000000522. The van der Waals surface area contributed by atoms with E-state index in [0.29, 0.717) is 0 Å². The van der Waals surface area contributed by atoms with Crippen molar-refractivity contribution in [3.05, 3.63) is 12.8 Å². The van der Waals surface area contributed by atoms with Gasteiger partial charge in [0.2, 0.25) is 0 Å². The van der Waals surface area contributed by atoms with Crippen LogP contribution in [0.3, 0.4) is 0 Å². The van der Waals surface area contributed by atoms with Gasteiger partial charge in [-0.2, -0.15) is 0 Å². The molecule has 0 saturated heterocycles. The van der Waals surface area contributed by atoms with Gasteiger partial charge in [0.15, 0.2) is 0 Å². The van der Waals surface area contributed by atoms with Gasteiger partial charge in [0.1, 0.15) is 0 Å². The fraction of sp³-hybridized carbons (Fsp3) is 0.333. The summed E-state index contributed by atoms with van der Waals surface area (Å²) in [7, 11) is 0. The number of ketones is 4. The maximum absolute atomic E-state index is 9.98. The Hall–Kier alpha value is -1.62. The van der Waals surface area contributed by atoms with Gasteiger partial charge in [0.05, 0.1) is 0 Å². The zero-order valence-electron chi connectivity index (χ0n) is 10.9. The summed E-state index contributed by atoms with van der Waals surface area (Å²) in [5.41, 5.74) is 0. The van der Waals surface area contributed by atoms with Gasteiger partial charge in [-0.05, 0) is 27.7 Å². The van der Waals surface area contributed by atoms with E-state index in [1.807, 2.05) is 0 Å². The van der Waals surface area contributed by atoms with Crippen LogP contribution in [0.25, 0.3) is 0 Å². The summed E-state index contributed by atoms with van der Waals surface area (Å²) < 4.78 is 0. The van der Waals surface area contributed by atoms with Gasteiger partial charge in [0.25, 0.3) is 0 Å². The third-order valence-electron chi connectivity index (χ3n) is 0.813. The number of hydrogen-bond donors (Lipinski definition) is 0. The van der Waals surface area contributed by atoms with Crippen molar-refractivity contribution >= 4 is 36.7 Å². The van der Waals surface area contributed by atoms with Gasteiger partial charge >= 0.3 is 19.5 Å². The standard InChI is InChI=1S/2C5H7O2.2CO.Rh/c2*1-4(6)3-5(2)7;2*1-2;/h2*3H,1-2H3;;;/q4*-1;+2. The molecule has 0 amide bonds. The molecule has 0 unspecified atom stereocenters. The number of carbonyl (C=O) groups is 4. The quantitative estimate of drug-likeness (QED) is 0.397. The van der Waals surface area contributed by atoms with Crippen molar-refractivity contribution in [2.24, 2.45) is 0 Å². The number of carbonyl (C=O) groups excluding carboxylic acids is 6. The molecule has 3 radical (unpaired) electrons. The smallest absolute Gasteiger partial charge is 0.573 e. The predicted octanol–water partition coefficient (Wildman–Crippen LogP) is -0.0593. The molecule has 0 fully saturated rings. The molecule has 0 spiro atoms. The van der Waals surface area contributed by atoms with Crippen LogP contribution in [0, 0.1) is 12.8 Å². The molecule has 0 aliphatic rings. The van der Waals surface area contributed by atoms with Crippen molar-refractivity contribution in [2.45, 2.75) is 27.7 Å².